The van der Waals surface area contributed by atoms with Crippen LogP contribution in [0.25, 0.3) is 16.9 Å². The number of aryl methyl sites for hydroxylation is 1. The van der Waals surface area contributed by atoms with Gasteiger partial charge in [-0.1, -0.05) is 6.07 Å². The van der Waals surface area contributed by atoms with Gasteiger partial charge in [0.05, 0.1) is 37.1 Å². The van der Waals surface area contributed by atoms with Crippen molar-refractivity contribution in [3.63, 3.8) is 0 Å². The molecular weight excluding hydrogens is 344 g/mol. The lowest BCUT2D eigenvalue weighted by atomic mass is 10.0. The van der Waals surface area contributed by atoms with Crippen molar-refractivity contribution in [2.24, 2.45) is 7.05 Å². The third kappa shape index (κ3) is 3.16. The molecule has 0 amide bonds. The van der Waals surface area contributed by atoms with Gasteiger partial charge in [0.15, 0.2) is 0 Å². The number of carbonyl (C=O) groups is 1. The topological polar surface area (TPSA) is 84.3 Å². The summed E-state index contributed by atoms with van der Waals surface area (Å²) in [6.07, 6.45) is 3.68. The number of methoxy groups -OCH3 is 1. The lowest BCUT2D eigenvalue weighted by Crippen LogP contribution is -2.08. The zero-order chi connectivity index (χ0) is 19.7. The first-order valence-electron chi connectivity index (χ1n) is 8.70. The minimum Gasteiger partial charge on any atom is -0.495 e. The number of nitrogens with zero attached hydrogens (tertiary/aromatic N) is 3. The number of hydrogen-bond donors (Lipinski definition) is 1. The molecule has 27 heavy (non-hydrogen) atoms. The number of esters is 1. The van der Waals surface area contributed by atoms with E-state index < -0.39 is 5.97 Å². The number of nitrogen functional groups attached to an aromatic ring is 1. The van der Waals surface area contributed by atoms with E-state index in [0.717, 1.165) is 28.2 Å². The van der Waals surface area contributed by atoms with Crippen molar-refractivity contribution in [1.82, 2.24) is 14.1 Å². The van der Waals surface area contributed by atoms with Gasteiger partial charge in [0.1, 0.15) is 17.1 Å². The summed E-state index contributed by atoms with van der Waals surface area (Å²) in [6.45, 7) is 5.88. The second-order valence-electron chi connectivity index (χ2n) is 6.32. The van der Waals surface area contributed by atoms with Gasteiger partial charge in [-0.15, -0.1) is 0 Å². The summed E-state index contributed by atoms with van der Waals surface area (Å²) < 4.78 is 14.5. The molecule has 7 heteroatoms. The van der Waals surface area contributed by atoms with Crippen LogP contribution in [0, 0.1) is 13.8 Å². The normalized spacial score (nSPS) is 10.9. The number of carbonyl (C=O) groups excluding carboxylic acids is 1. The summed E-state index contributed by atoms with van der Waals surface area (Å²) in [6, 6.07) is 5.87. The Kier molecular flexibility index (Phi) is 4.94. The fourth-order valence-electron chi connectivity index (χ4n) is 3.31. The number of nitrogens with two attached hydrogens (primary N) is 1. The molecule has 2 aromatic heterocycles. The molecule has 0 aliphatic carbocycles. The third-order valence-corrected chi connectivity index (χ3v) is 4.61. The van der Waals surface area contributed by atoms with Crippen molar-refractivity contribution in [1.29, 1.82) is 0 Å². The maximum atomic E-state index is 12.3. The van der Waals surface area contributed by atoms with Crippen LogP contribution in [-0.4, -0.2) is 33.8 Å². The molecule has 7 nitrogen and oxygen atoms in total. The van der Waals surface area contributed by atoms with Crippen LogP contribution in [0.15, 0.2) is 30.7 Å². The molecule has 0 fully saturated rings. The molecule has 2 heterocycles. The molecule has 2 N–H and O–H groups in total. The number of imidazole rings is 1. The van der Waals surface area contributed by atoms with Gasteiger partial charge in [-0.05, 0) is 38.5 Å². The molecule has 0 saturated heterocycles. The van der Waals surface area contributed by atoms with E-state index in [4.69, 9.17) is 15.2 Å². The standard InChI is InChI=1S/C20H24N4O3/c1-6-27-20(25)17-13(3)18(23(4)19(17)21)14-7-8-15(16(9-14)26-5)24-10-12(2)22-11-24/h7-11H,6,21H2,1-5H3. The van der Waals surface area contributed by atoms with E-state index in [-0.39, 0.29) is 0 Å². The molecule has 0 radical (unpaired) electrons. The molecular formula is C20H24N4O3. The van der Waals surface area contributed by atoms with Gasteiger partial charge in [-0.2, -0.15) is 0 Å². The quantitative estimate of drug-likeness (QED) is 0.699. The predicted octanol–water partition coefficient (Wildman–Crippen LogP) is 3.26. The monoisotopic (exact) mass is 368 g/mol. The smallest absolute Gasteiger partial charge is 0.342 e. The van der Waals surface area contributed by atoms with Gasteiger partial charge >= 0.3 is 5.97 Å². The SMILES string of the molecule is CCOC(=O)c1c(C)c(-c2ccc(-n3cnc(C)c3)c(OC)c2)n(C)c1N. The van der Waals surface area contributed by atoms with Gasteiger partial charge in [-0.3, -0.25) is 0 Å². The molecule has 0 aliphatic heterocycles. The Morgan fingerprint density at radius 1 is 1.30 bits per heavy atom. The fraction of sp³-hybridized carbons (Fsp3) is 0.300. The van der Waals surface area contributed by atoms with E-state index in [1.54, 1.807) is 24.9 Å². The summed E-state index contributed by atoms with van der Waals surface area (Å²) in [5.74, 6) is 0.669. The maximum Gasteiger partial charge on any atom is 0.342 e. The second-order valence-corrected chi connectivity index (χ2v) is 6.32. The molecule has 142 valence electrons. The van der Waals surface area contributed by atoms with Crippen molar-refractivity contribution < 1.29 is 14.3 Å². The Morgan fingerprint density at radius 2 is 2.04 bits per heavy atom. The van der Waals surface area contributed by atoms with E-state index in [0.29, 0.717) is 23.7 Å². The molecule has 0 unspecified atom stereocenters. The summed E-state index contributed by atoms with van der Waals surface area (Å²) in [5, 5.41) is 0. The molecule has 3 aromatic rings. The zero-order valence-corrected chi connectivity index (χ0v) is 16.2. The van der Waals surface area contributed by atoms with Crippen LogP contribution in [0.3, 0.4) is 0 Å². The van der Waals surface area contributed by atoms with Crippen LogP contribution in [0.5, 0.6) is 5.75 Å². The van der Waals surface area contributed by atoms with Crippen LogP contribution < -0.4 is 10.5 Å². The van der Waals surface area contributed by atoms with E-state index in [1.165, 1.54) is 0 Å². The number of ether oxygens (including phenoxy) is 2. The van der Waals surface area contributed by atoms with Crippen molar-refractivity contribution >= 4 is 11.8 Å². The Morgan fingerprint density at radius 3 is 2.63 bits per heavy atom. The van der Waals surface area contributed by atoms with Crippen LogP contribution >= 0.6 is 0 Å². The van der Waals surface area contributed by atoms with Crippen molar-refractivity contribution in [2.75, 3.05) is 19.5 Å². The minimum absolute atomic E-state index is 0.300. The lowest BCUT2D eigenvalue weighted by molar-refractivity contribution is 0.0527. The Bertz CT molecular complexity index is 1000. The number of anilines is 1. The molecule has 0 saturated carbocycles. The number of rotatable bonds is 5. The number of aromatic nitrogens is 3. The summed E-state index contributed by atoms with van der Waals surface area (Å²) in [7, 11) is 3.46. The average molecular weight is 368 g/mol. The van der Waals surface area contributed by atoms with Crippen molar-refractivity contribution in [3.8, 4) is 22.7 Å². The summed E-state index contributed by atoms with van der Waals surface area (Å²) in [5.41, 5.74) is 10.9. The second kappa shape index (κ2) is 7.19. The van der Waals surface area contributed by atoms with E-state index in [2.05, 4.69) is 4.98 Å². The largest absolute Gasteiger partial charge is 0.495 e. The average Bonchev–Trinajstić information content (AvgIpc) is 3.16. The fourth-order valence-corrected chi connectivity index (χ4v) is 3.31. The van der Waals surface area contributed by atoms with Crippen LogP contribution in [0.2, 0.25) is 0 Å². The van der Waals surface area contributed by atoms with Crippen LogP contribution in [0.1, 0.15) is 28.5 Å². The highest BCUT2D eigenvalue weighted by Crippen LogP contribution is 2.36. The third-order valence-electron chi connectivity index (χ3n) is 4.61. The first-order chi connectivity index (χ1) is 12.9. The molecule has 0 atom stereocenters. The van der Waals surface area contributed by atoms with Gasteiger partial charge < -0.3 is 24.3 Å². The highest BCUT2D eigenvalue weighted by atomic mass is 16.5. The molecule has 0 spiro atoms. The maximum absolute atomic E-state index is 12.3. The highest BCUT2D eigenvalue weighted by Gasteiger charge is 2.24. The summed E-state index contributed by atoms with van der Waals surface area (Å²) in [4.78, 5) is 16.6. The first-order valence-corrected chi connectivity index (χ1v) is 8.70. The number of hydrogen-bond acceptors (Lipinski definition) is 5. The molecule has 1 aromatic carbocycles. The van der Waals surface area contributed by atoms with Crippen LogP contribution in [-0.2, 0) is 11.8 Å². The van der Waals surface area contributed by atoms with E-state index in [9.17, 15) is 4.79 Å². The Labute approximate surface area is 158 Å². The zero-order valence-electron chi connectivity index (χ0n) is 16.2. The Hall–Kier alpha value is -3.22. The van der Waals surface area contributed by atoms with E-state index in [1.807, 2.05) is 49.9 Å². The van der Waals surface area contributed by atoms with Crippen molar-refractivity contribution in [3.05, 3.63) is 47.5 Å². The molecule has 0 aliphatic rings. The molecule has 3 rings (SSSR count). The van der Waals surface area contributed by atoms with Gasteiger partial charge in [0.2, 0.25) is 0 Å². The van der Waals surface area contributed by atoms with Gasteiger partial charge in [-0.25, -0.2) is 9.78 Å². The molecule has 0 bridgehead atoms. The minimum atomic E-state index is -0.410. The number of benzene rings is 1. The van der Waals surface area contributed by atoms with Crippen LogP contribution in [0.4, 0.5) is 5.82 Å². The first kappa shape index (κ1) is 18.6. The Balaban J connectivity index is 2.12. The van der Waals surface area contributed by atoms with Crippen molar-refractivity contribution in [2.45, 2.75) is 20.8 Å². The highest BCUT2D eigenvalue weighted by molar-refractivity contribution is 5.99. The summed E-state index contributed by atoms with van der Waals surface area (Å²) >= 11 is 0. The van der Waals surface area contributed by atoms with Gasteiger partial charge in [0, 0.05) is 18.8 Å². The predicted molar refractivity (Wildman–Crippen MR) is 104 cm³/mol. The van der Waals surface area contributed by atoms with Gasteiger partial charge in [0.25, 0.3) is 0 Å². The van der Waals surface area contributed by atoms with E-state index >= 15 is 0 Å². The lowest BCUT2D eigenvalue weighted by Gasteiger charge is -2.13.